The number of rotatable bonds is 7. The zero-order valence-corrected chi connectivity index (χ0v) is 11.3. The van der Waals surface area contributed by atoms with E-state index in [9.17, 15) is 5.11 Å². The van der Waals surface area contributed by atoms with Crippen molar-refractivity contribution < 1.29 is 5.11 Å². The van der Waals surface area contributed by atoms with Crippen LogP contribution >= 0.6 is 11.3 Å². The third-order valence-corrected chi connectivity index (χ3v) is 3.50. The number of hydrogen-bond acceptors (Lipinski definition) is 3. The van der Waals surface area contributed by atoms with Crippen LogP contribution < -0.4 is 0 Å². The lowest BCUT2D eigenvalue weighted by molar-refractivity contribution is 0.0844. The molecule has 1 N–H and O–H groups in total. The van der Waals surface area contributed by atoms with E-state index in [1.165, 1.54) is 5.56 Å². The summed E-state index contributed by atoms with van der Waals surface area (Å²) < 4.78 is 0. The van der Waals surface area contributed by atoms with Gasteiger partial charge >= 0.3 is 0 Å². The number of hydrogen-bond donors (Lipinski definition) is 1. The van der Waals surface area contributed by atoms with Crippen LogP contribution in [0, 0.1) is 0 Å². The highest BCUT2D eigenvalue weighted by atomic mass is 32.1. The highest BCUT2D eigenvalue weighted by Crippen LogP contribution is 2.13. The first-order valence-corrected chi connectivity index (χ1v) is 7.01. The van der Waals surface area contributed by atoms with Crippen molar-refractivity contribution in [2.45, 2.75) is 52.3 Å². The molecule has 0 aromatic carbocycles. The molecule has 2 nitrogen and oxygen atoms in total. The normalized spacial score (nSPS) is 13.6. The van der Waals surface area contributed by atoms with E-state index in [2.05, 4.69) is 42.5 Å². The van der Waals surface area contributed by atoms with E-state index < -0.39 is 0 Å². The van der Waals surface area contributed by atoms with Crippen molar-refractivity contribution in [2.75, 3.05) is 6.54 Å². The molecule has 1 atom stereocenters. The topological polar surface area (TPSA) is 23.5 Å². The molecule has 16 heavy (non-hydrogen) atoms. The van der Waals surface area contributed by atoms with Gasteiger partial charge in [-0.2, -0.15) is 11.3 Å². The predicted octanol–water partition coefficient (Wildman–Crippen LogP) is 3.12. The monoisotopic (exact) mass is 241 g/mol. The van der Waals surface area contributed by atoms with Crippen LogP contribution in [0.15, 0.2) is 16.8 Å². The molecule has 0 amide bonds. The molecule has 1 rings (SSSR count). The molecule has 0 saturated heterocycles. The maximum absolute atomic E-state index is 9.86. The van der Waals surface area contributed by atoms with Crippen molar-refractivity contribution in [3.63, 3.8) is 0 Å². The summed E-state index contributed by atoms with van der Waals surface area (Å²) in [5, 5.41) is 14.1. The first-order valence-electron chi connectivity index (χ1n) is 6.06. The van der Waals surface area contributed by atoms with Gasteiger partial charge in [0.15, 0.2) is 0 Å². The minimum atomic E-state index is -0.189. The lowest BCUT2D eigenvalue weighted by atomic mass is 10.1. The van der Waals surface area contributed by atoms with Gasteiger partial charge in [0.25, 0.3) is 0 Å². The smallest absolute Gasteiger partial charge is 0.0667 e. The Labute approximate surface area is 103 Å². The molecule has 92 valence electrons. The summed E-state index contributed by atoms with van der Waals surface area (Å²) in [5.74, 6) is 0. The molecule has 0 aliphatic carbocycles. The fourth-order valence-electron chi connectivity index (χ4n) is 1.77. The molecule has 1 heterocycles. The van der Waals surface area contributed by atoms with Gasteiger partial charge < -0.3 is 5.11 Å². The van der Waals surface area contributed by atoms with Gasteiger partial charge in [0.05, 0.1) is 6.10 Å². The van der Waals surface area contributed by atoms with Crippen LogP contribution in [0.2, 0.25) is 0 Å². The fourth-order valence-corrected chi connectivity index (χ4v) is 2.43. The van der Waals surface area contributed by atoms with Crippen molar-refractivity contribution in [1.29, 1.82) is 0 Å². The summed E-state index contributed by atoms with van der Waals surface area (Å²) >= 11 is 1.73. The van der Waals surface area contributed by atoms with E-state index in [-0.39, 0.29) is 6.10 Å². The fraction of sp³-hybridized carbons (Fsp3) is 0.692. The predicted molar refractivity (Wildman–Crippen MR) is 70.8 cm³/mol. The van der Waals surface area contributed by atoms with Gasteiger partial charge in [-0.05, 0) is 42.7 Å². The second-order valence-corrected chi connectivity index (χ2v) is 5.38. The van der Waals surface area contributed by atoms with E-state index >= 15 is 0 Å². The molecule has 0 aliphatic heterocycles. The first-order chi connectivity index (χ1) is 7.63. The molecule has 3 heteroatoms. The van der Waals surface area contributed by atoms with Gasteiger partial charge in [-0.15, -0.1) is 0 Å². The molecular formula is C13H23NOS. The Morgan fingerprint density at radius 3 is 2.69 bits per heavy atom. The summed E-state index contributed by atoms with van der Waals surface area (Å²) in [4.78, 5) is 2.34. The Morgan fingerprint density at radius 2 is 2.19 bits per heavy atom. The van der Waals surface area contributed by atoms with Crippen LogP contribution in [0.3, 0.4) is 0 Å². The van der Waals surface area contributed by atoms with E-state index in [0.29, 0.717) is 6.04 Å². The minimum absolute atomic E-state index is 0.189. The third kappa shape index (κ3) is 4.64. The summed E-state index contributed by atoms with van der Waals surface area (Å²) in [6.07, 6.45) is 1.75. The molecule has 0 spiro atoms. The maximum atomic E-state index is 9.86. The van der Waals surface area contributed by atoms with Crippen LogP contribution in [0.25, 0.3) is 0 Å². The van der Waals surface area contributed by atoms with Crippen molar-refractivity contribution in [1.82, 2.24) is 4.90 Å². The maximum Gasteiger partial charge on any atom is 0.0667 e. The minimum Gasteiger partial charge on any atom is -0.392 e. The van der Waals surface area contributed by atoms with Gasteiger partial charge in [0.2, 0.25) is 0 Å². The van der Waals surface area contributed by atoms with Gasteiger partial charge in [-0.25, -0.2) is 0 Å². The average Bonchev–Trinajstić information content (AvgIpc) is 2.69. The third-order valence-electron chi connectivity index (χ3n) is 2.76. The van der Waals surface area contributed by atoms with E-state index in [1.807, 2.05) is 0 Å². The molecule has 1 aromatic heterocycles. The second kappa shape index (κ2) is 7.05. The second-order valence-electron chi connectivity index (χ2n) is 4.60. The Bertz CT molecular complexity index is 271. The Morgan fingerprint density at radius 1 is 1.44 bits per heavy atom. The summed E-state index contributed by atoms with van der Waals surface area (Å²) in [5.41, 5.74) is 1.35. The van der Waals surface area contributed by atoms with Gasteiger partial charge in [0, 0.05) is 19.1 Å². The summed E-state index contributed by atoms with van der Waals surface area (Å²) in [6.45, 7) is 8.21. The van der Waals surface area contributed by atoms with Crippen LogP contribution in [0.1, 0.15) is 39.2 Å². The van der Waals surface area contributed by atoms with Crippen LogP contribution in [0.5, 0.6) is 0 Å². The van der Waals surface area contributed by atoms with Gasteiger partial charge in [0.1, 0.15) is 0 Å². The number of aliphatic hydroxyl groups excluding tert-OH is 1. The van der Waals surface area contributed by atoms with E-state index in [1.54, 1.807) is 11.3 Å². The zero-order valence-electron chi connectivity index (χ0n) is 10.5. The van der Waals surface area contributed by atoms with Gasteiger partial charge in [-0.1, -0.05) is 13.3 Å². The molecular weight excluding hydrogens is 218 g/mol. The average molecular weight is 241 g/mol. The van der Waals surface area contributed by atoms with E-state index in [4.69, 9.17) is 0 Å². The van der Waals surface area contributed by atoms with E-state index in [0.717, 1.165) is 25.9 Å². The number of aliphatic hydroxyl groups is 1. The van der Waals surface area contributed by atoms with Crippen molar-refractivity contribution in [2.24, 2.45) is 0 Å². The molecule has 1 aromatic rings. The molecule has 0 radical (unpaired) electrons. The highest BCUT2D eigenvalue weighted by Gasteiger charge is 2.14. The molecule has 0 fully saturated rings. The van der Waals surface area contributed by atoms with Crippen LogP contribution in [-0.2, 0) is 6.54 Å². The number of thiophene rings is 1. The highest BCUT2D eigenvalue weighted by molar-refractivity contribution is 7.07. The molecule has 0 saturated carbocycles. The SMILES string of the molecule is CCCC(O)CN(Cc1ccsc1)C(C)C. The Kier molecular flexibility index (Phi) is 6.03. The van der Waals surface area contributed by atoms with Crippen molar-refractivity contribution >= 4 is 11.3 Å². The summed E-state index contributed by atoms with van der Waals surface area (Å²) in [6, 6.07) is 2.64. The largest absolute Gasteiger partial charge is 0.392 e. The molecule has 0 aliphatic rings. The summed E-state index contributed by atoms with van der Waals surface area (Å²) in [7, 11) is 0. The number of nitrogens with zero attached hydrogens (tertiary/aromatic N) is 1. The lowest BCUT2D eigenvalue weighted by Crippen LogP contribution is -2.36. The molecule has 0 bridgehead atoms. The van der Waals surface area contributed by atoms with Crippen molar-refractivity contribution in [3.8, 4) is 0 Å². The molecule has 1 unspecified atom stereocenters. The quantitative estimate of drug-likeness (QED) is 0.793. The first kappa shape index (κ1) is 13.7. The Hall–Kier alpha value is -0.380. The standard InChI is InChI=1S/C13H23NOS/c1-4-5-13(15)9-14(11(2)3)8-12-6-7-16-10-12/h6-7,10-11,13,15H,4-5,8-9H2,1-3H3. The zero-order chi connectivity index (χ0) is 12.0. The van der Waals surface area contributed by atoms with Crippen molar-refractivity contribution in [3.05, 3.63) is 22.4 Å². The van der Waals surface area contributed by atoms with Crippen LogP contribution in [0.4, 0.5) is 0 Å². The van der Waals surface area contributed by atoms with Crippen LogP contribution in [-0.4, -0.2) is 28.7 Å². The Balaban J connectivity index is 2.48. The van der Waals surface area contributed by atoms with Gasteiger partial charge in [-0.3, -0.25) is 4.90 Å². The lowest BCUT2D eigenvalue weighted by Gasteiger charge is -2.28.